The molecule has 96 valence electrons. The minimum atomic E-state index is 0.0127. The van der Waals surface area contributed by atoms with Crippen LogP contribution in [0.15, 0.2) is 18.2 Å². The van der Waals surface area contributed by atoms with E-state index in [0.29, 0.717) is 0 Å². The van der Waals surface area contributed by atoms with Gasteiger partial charge in [0.15, 0.2) is 0 Å². The predicted molar refractivity (Wildman–Crippen MR) is 72.4 cm³/mol. The normalized spacial score (nSPS) is 12.8. The van der Waals surface area contributed by atoms with Crippen molar-refractivity contribution in [1.29, 1.82) is 0 Å². The van der Waals surface area contributed by atoms with Crippen molar-refractivity contribution in [2.24, 2.45) is 5.73 Å². The van der Waals surface area contributed by atoms with Crippen molar-refractivity contribution < 1.29 is 4.74 Å². The van der Waals surface area contributed by atoms with E-state index in [9.17, 15) is 0 Å². The summed E-state index contributed by atoms with van der Waals surface area (Å²) in [6.45, 7) is 5.84. The van der Waals surface area contributed by atoms with E-state index in [1.54, 1.807) is 0 Å². The first kappa shape index (κ1) is 14.0. The molecule has 3 heteroatoms. The van der Waals surface area contributed by atoms with E-state index in [4.69, 9.17) is 10.5 Å². The van der Waals surface area contributed by atoms with E-state index in [2.05, 4.69) is 38.1 Å². The third kappa shape index (κ3) is 4.75. The van der Waals surface area contributed by atoms with Crippen LogP contribution in [0.25, 0.3) is 0 Å². The lowest BCUT2D eigenvalue weighted by atomic mass is 10.1. The highest BCUT2D eigenvalue weighted by Crippen LogP contribution is 2.25. The van der Waals surface area contributed by atoms with E-state index in [-0.39, 0.29) is 6.04 Å². The second kappa shape index (κ2) is 6.62. The summed E-state index contributed by atoms with van der Waals surface area (Å²) in [5.41, 5.74) is 8.26. The summed E-state index contributed by atoms with van der Waals surface area (Å²) in [5, 5.41) is 0. The maximum absolute atomic E-state index is 5.95. The topological polar surface area (TPSA) is 38.5 Å². The first-order chi connectivity index (χ1) is 8.00. The van der Waals surface area contributed by atoms with Crippen LogP contribution in [0.5, 0.6) is 5.75 Å². The van der Waals surface area contributed by atoms with Gasteiger partial charge in [0.05, 0.1) is 6.61 Å². The monoisotopic (exact) mass is 236 g/mol. The summed E-state index contributed by atoms with van der Waals surface area (Å²) in [6, 6.07) is 6.20. The zero-order valence-electron chi connectivity index (χ0n) is 11.4. The summed E-state index contributed by atoms with van der Waals surface area (Å²) in [7, 11) is 4.14. The first-order valence-corrected chi connectivity index (χ1v) is 6.14. The number of benzene rings is 1. The highest BCUT2D eigenvalue weighted by Gasteiger charge is 2.08. The van der Waals surface area contributed by atoms with Gasteiger partial charge in [0, 0.05) is 18.2 Å². The van der Waals surface area contributed by atoms with Crippen LogP contribution in [0.1, 0.15) is 30.5 Å². The minimum Gasteiger partial charge on any atom is -0.493 e. The Morgan fingerprint density at radius 1 is 1.35 bits per heavy atom. The molecular formula is C14H24N2O. The molecule has 0 fully saturated rings. The van der Waals surface area contributed by atoms with Crippen LogP contribution in [0, 0.1) is 6.92 Å². The van der Waals surface area contributed by atoms with Crippen molar-refractivity contribution in [2.75, 3.05) is 27.2 Å². The predicted octanol–water partition coefficient (Wildman–Crippen LogP) is 2.35. The molecule has 0 heterocycles. The molecule has 0 radical (unpaired) electrons. The van der Waals surface area contributed by atoms with Crippen LogP contribution >= 0.6 is 0 Å². The Morgan fingerprint density at radius 3 is 2.65 bits per heavy atom. The van der Waals surface area contributed by atoms with Gasteiger partial charge in [-0.3, -0.25) is 0 Å². The van der Waals surface area contributed by atoms with E-state index in [1.165, 1.54) is 5.56 Å². The van der Waals surface area contributed by atoms with Crippen molar-refractivity contribution in [3.8, 4) is 5.75 Å². The molecule has 0 bridgehead atoms. The number of ether oxygens (including phenoxy) is 1. The molecule has 0 unspecified atom stereocenters. The highest BCUT2D eigenvalue weighted by atomic mass is 16.5. The molecule has 1 aromatic rings. The lowest BCUT2D eigenvalue weighted by molar-refractivity contribution is 0.278. The molecule has 0 amide bonds. The fourth-order valence-electron chi connectivity index (χ4n) is 1.72. The van der Waals surface area contributed by atoms with Crippen molar-refractivity contribution in [3.05, 3.63) is 29.3 Å². The molecule has 17 heavy (non-hydrogen) atoms. The van der Waals surface area contributed by atoms with Crippen LogP contribution in [0.2, 0.25) is 0 Å². The van der Waals surface area contributed by atoms with E-state index in [1.807, 2.05) is 13.0 Å². The van der Waals surface area contributed by atoms with Gasteiger partial charge in [-0.05, 0) is 40.4 Å². The lowest BCUT2D eigenvalue weighted by Crippen LogP contribution is -2.16. The second-order valence-electron chi connectivity index (χ2n) is 4.84. The summed E-state index contributed by atoms with van der Waals surface area (Å²) < 4.78 is 5.80. The van der Waals surface area contributed by atoms with Crippen LogP contribution < -0.4 is 10.5 Å². The lowest BCUT2D eigenvalue weighted by Gasteiger charge is -2.15. The maximum Gasteiger partial charge on any atom is 0.124 e. The summed E-state index contributed by atoms with van der Waals surface area (Å²) in [5.74, 6) is 0.921. The van der Waals surface area contributed by atoms with Crippen LogP contribution in [0.3, 0.4) is 0 Å². The first-order valence-electron chi connectivity index (χ1n) is 6.14. The van der Waals surface area contributed by atoms with Gasteiger partial charge in [-0.2, -0.15) is 0 Å². The van der Waals surface area contributed by atoms with Crippen molar-refractivity contribution in [2.45, 2.75) is 26.3 Å². The molecule has 0 spiro atoms. The fraction of sp³-hybridized carbons (Fsp3) is 0.571. The van der Waals surface area contributed by atoms with E-state index in [0.717, 1.165) is 30.9 Å². The molecule has 0 saturated heterocycles. The number of hydrogen-bond acceptors (Lipinski definition) is 3. The van der Waals surface area contributed by atoms with Gasteiger partial charge in [-0.25, -0.2) is 0 Å². The maximum atomic E-state index is 5.95. The molecular weight excluding hydrogens is 212 g/mol. The number of rotatable bonds is 6. The van der Waals surface area contributed by atoms with Crippen molar-refractivity contribution in [1.82, 2.24) is 4.90 Å². The van der Waals surface area contributed by atoms with E-state index >= 15 is 0 Å². The Hall–Kier alpha value is -1.06. The molecule has 0 aliphatic carbocycles. The fourth-order valence-corrected chi connectivity index (χ4v) is 1.72. The van der Waals surface area contributed by atoms with Gasteiger partial charge in [0.2, 0.25) is 0 Å². The number of hydrogen-bond donors (Lipinski definition) is 1. The Morgan fingerprint density at radius 2 is 2.06 bits per heavy atom. The molecule has 0 aliphatic heterocycles. The third-order valence-corrected chi connectivity index (χ3v) is 2.66. The number of aryl methyl sites for hydroxylation is 1. The van der Waals surface area contributed by atoms with Crippen LogP contribution in [0.4, 0.5) is 0 Å². The van der Waals surface area contributed by atoms with Gasteiger partial charge < -0.3 is 15.4 Å². The van der Waals surface area contributed by atoms with Gasteiger partial charge in [-0.15, -0.1) is 0 Å². The molecule has 0 aliphatic rings. The van der Waals surface area contributed by atoms with Crippen LogP contribution in [-0.4, -0.2) is 32.1 Å². The molecule has 2 N–H and O–H groups in total. The molecule has 0 saturated carbocycles. The number of nitrogens with two attached hydrogens (primary N) is 1. The summed E-state index contributed by atoms with van der Waals surface area (Å²) in [6.07, 6.45) is 1.03. The smallest absolute Gasteiger partial charge is 0.124 e. The van der Waals surface area contributed by atoms with Gasteiger partial charge in [-0.1, -0.05) is 17.7 Å². The zero-order valence-corrected chi connectivity index (χ0v) is 11.4. The summed E-state index contributed by atoms with van der Waals surface area (Å²) in [4.78, 5) is 2.16. The minimum absolute atomic E-state index is 0.0127. The number of nitrogens with zero attached hydrogens (tertiary/aromatic N) is 1. The van der Waals surface area contributed by atoms with Gasteiger partial charge >= 0.3 is 0 Å². The molecule has 3 nitrogen and oxygen atoms in total. The average Bonchev–Trinajstić information content (AvgIpc) is 2.25. The van der Waals surface area contributed by atoms with Crippen LogP contribution in [-0.2, 0) is 0 Å². The molecule has 1 aromatic carbocycles. The molecule has 1 atom stereocenters. The SMILES string of the molecule is Cc1ccc(OCCCN(C)C)c([C@H](C)N)c1. The quantitative estimate of drug-likeness (QED) is 0.771. The Kier molecular flexibility index (Phi) is 5.45. The third-order valence-electron chi connectivity index (χ3n) is 2.66. The van der Waals surface area contributed by atoms with Gasteiger partial charge in [0.25, 0.3) is 0 Å². The molecule has 0 aromatic heterocycles. The Labute approximate surface area is 105 Å². The zero-order chi connectivity index (χ0) is 12.8. The van der Waals surface area contributed by atoms with E-state index < -0.39 is 0 Å². The summed E-state index contributed by atoms with van der Waals surface area (Å²) >= 11 is 0. The second-order valence-corrected chi connectivity index (χ2v) is 4.84. The largest absolute Gasteiger partial charge is 0.493 e. The molecule has 1 rings (SSSR count). The standard InChI is InChI=1S/C14H24N2O/c1-11-6-7-14(13(10-11)12(2)15)17-9-5-8-16(3)4/h6-7,10,12H,5,8-9,15H2,1-4H3/t12-/m0/s1. The Bertz CT molecular complexity index is 348. The highest BCUT2D eigenvalue weighted by molar-refractivity contribution is 5.38. The Balaban J connectivity index is 2.58. The van der Waals surface area contributed by atoms with Crippen molar-refractivity contribution in [3.63, 3.8) is 0 Å². The average molecular weight is 236 g/mol. The van der Waals surface area contributed by atoms with Crippen molar-refractivity contribution >= 4 is 0 Å². The van der Waals surface area contributed by atoms with Gasteiger partial charge in [0.1, 0.15) is 5.75 Å².